The summed E-state index contributed by atoms with van der Waals surface area (Å²) in [5, 5.41) is 13.2. The molecule has 6 heteroatoms. The number of hydrogen-bond acceptors (Lipinski definition) is 3. The quantitative estimate of drug-likeness (QED) is 0.532. The highest BCUT2D eigenvalue weighted by Gasteiger charge is 2.04. The molecule has 0 aliphatic carbocycles. The van der Waals surface area contributed by atoms with Gasteiger partial charge >= 0.3 is 0 Å². The highest BCUT2D eigenvalue weighted by molar-refractivity contribution is 9.10. The van der Waals surface area contributed by atoms with E-state index in [1.807, 2.05) is 47.2 Å². The number of carbonyl (C=O) groups is 1. The van der Waals surface area contributed by atoms with Crippen LogP contribution in [0.2, 0.25) is 0 Å². The Hall–Kier alpha value is -2.86. The van der Waals surface area contributed by atoms with E-state index in [9.17, 15) is 9.90 Å². The Morgan fingerprint density at radius 1 is 1.08 bits per heavy atom. The number of hydrogen-bond donors (Lipinski definition) is 2. The zero-order valence-electron chi connectivity index (χ0n) is 12.6. The van der Waals surface area contributed by atoms with Gasteiger partial charge in [0.1, 0.15) is 5.75 Å². The van der Waals surface area contributed by atoms with E-state index in [4.69, 9.17) is 0 Å². The van der Waals surface area contributed by atoms with Crippen LogP contribution in [-0.4, -0.2) is 21.8 Å². The second kappa shape index (κ2) is 7.14. The van der Waals surface area contributed by atoms with Gasteiger partial charge in [-0.05, 0) is 60.7 Å². The van der Waals surface area contributed by atoms with Crippen molar-refractivity contribution < 1.29 is 9.90 Å². The number of nitrogens with one attached hydrogen (secondary N) is 1. The lowest BCUT2D eigenvalue weighted by Crippen LogP contribution is -2.17. The normalized spacial score (nSPS) is 10.9. The van der Waals surface area contributed by atoms with Crippen LogP contribution < -0.4 is 5.43 Å². The summed E-state index contributed by atoms with van der Waals surface area (Å²) in [7, 11) is 0. The van der Waals surface area contributed by atoms with Gasteiger partial charge in [0, 0.05) is 21.9 Å². The molecule has 1 amide bonds. The Bertz CT molecular complexity index is 868. The Kier molecular flexibility index (Phi) is 4.77. The fourth-order valence-corrected chi connectivity index (χ4v) is 2.43. The molecule has 24 heavy (non-hydrogen) atoms. The Morgan fingerprint density at radius 2 is 1.79 bits per heavy atom. The van der Waals surface area contributed by atoms with Crippen molar-refractivity contribution in [3.63, 3.8) is 0 Å². The molecule has 0 saturated heterocycles. The van der Waals surface area contributed by atoms with E-state index in [0.29, 0.717) is 5.56 Å². The maximum atomic E-state index is 12.0. The van der Waals surface area contributed by atoms with E-state index in [1.54, 1.807) is 6.21 Å². The van der Waals surface area contributed by atoms with Crippen LogP contribution in [0.1, 0.15) is 16.1 Å². The van der Waals surface area contributed by atoms with Crippen LogP contribution in [0.3, 0.4) is 0 Å². The molecular weight excluding hydrogens is 370 g/mol. The molecule has 0 atom stereocenters. The van der Waals surface area contributed by atoms with Crippen molar-refractivity contribution in [2.75, 3.05) is 0 Å². The van der Waals surface area contributed by atoms with E-state index in [1.165, 1.54) is 24.3 Å². The van der Waals surface area contributed by atoms with Crippen LogP contribution in [0.4, 0.5) is 0 Å². The first kappa shape index (κ1) is 16.0. The van der Waals surface area contributed by atoms with Crippen LogP contribution in [0.25, 0.3) is 5.69 Å². The standard InChI is InChI=1S/C18H14BrN3O2/c19-14-5-7-15(8-6-14)22-11-1-2-16(22)12-20-21-18(24)13-3-9-17(23)10-4-13/h1-12,23H,(H,21,24)/b20-12+. The third kappa shape index (κ3) is 3.72. The number of nitrogens with zero attached hydrogens (tertiary/aromatic N) is 2. The van der Waals surface area contributed by atoms with Crippen molar-refractivity contribution >= 4 is 28.1 Å². The highest BCUT2D eigenvalue weighted by Crippen LogP contribution is 2.16. The summed E-state index contributed by atoms with van der Waals surface area (Å²) in [6, 6.07) is 17.7. The SMILES string of the molecule is O=C(N/N=C/c1cccn1-c1ccc(Br)cc1)c1ccc(O)cc1. The molecule has 3 rings (SSSR count). The fraction of sp³-hybridized carbons (Fsp3) is 0. The van der Waals surface area contributed by atoms with Gasteiger partial charge in [-0.15, -0.1) is 0 Å². The van der Waals surface area contributed by atoms with Crippen molar-refractivity contribution in [2.45, 2.75) is 0 Å². The number of benzene rings is 2. The van der Waals surface area contributed by atoms with Crippen LogP contribution in [0, 0.1) is 0 Å². The summed E-state index contributed by atoms with van der Waals surface area (Å²) >= 11 is 3.41. The van der Waals surface area contributed by atoms with Crippen LogP contribution in [0.15, 0.2) is 76.4 Å². The average molecular weight is 384 g/mol. The molecule has 5 nitrogen and oxygen atoms in total. The lowest BCUT2D eigenvalue weighted by Gasteiger charge is -2.06. The molecule has 0 aliphatic heterocycles. The predicted molar refractivity (Wildman–Crippen MR) is 96.6 cm³/mol. The number of aromatic hydroxyl groups is 1. The first-order valence-corrected chi connectivity index (χ1v) is 7.98. The first-order valence-electron chi connectivity index (χ1n) is 7.19. The highest BCUT2D eigenvalue weighted by atomic mass is 79.9. The van der Waals surface area contributed by atoms with Crippen LogP contribution >= 0.6 is 15.9 Å². The summed E-state index contributed by atoms with van der Waals surface area (Å²) in [4.78, 5) is 12.0. The number of aromatic nitrogens is 1. The maximum Gasteiger partial charge on any atom is 0.271 e. The van der Waals surface area contributed by atoms with Crippen LogP contribution in [-0.2, 0) is 0 Å². The summed E-state index contributed by atoms with van der Waals surface area (Å²) < 4.78 is 2.97. The number of rotatable bonds is 4. The predicted octanol–water partition coefficient (Wildman–Crippen LogP) is 3.71. The molecule has 0 spiro atoms. The van der Waals surface area contributed by atoms with Crippen molar-refractivity contribution in [3.05, 3.63) is 82.6 Å². The van der Waals surface area contributed by atoms with Crippen molar-refractivity contribution in [3.8, 4) is 11.4 Å². The Balaban J connectivity index is 1.71. The summed E-state index contributed by atoms with van der Waals surface area (Å²) in [5.41, 5.74) is 4.73. The third-order valence-electron chi connectivity index (χ3n) is 3.38. The Morgan fingerprint density at radius 3 is 2.50 bits per heavy atom. The second-order valence-corrected chi connectivity index (χ2v) is 5.94. The lowest BCUT2D eigenvalue weighted by atomic mass is 10.2. The van der Waals surface area contributed by atoms with E-state index in [0.717, 1.165) is 15.9 Å². The average Bonchev–Trinajstić information content (AvgIpc) is 3.04. The summed E-state index contributed by atoms with van der Waals surface area (Å²) in [5.74, 6) is -0.227. The van der Waals surface area contributed by atoms with Gasteiger partial charge in [0.15, 0.2) is 0 Å². The monoisotopic (exact) mass is 383 g/mol. The molecular formula is C18H14BrN3O2. The van der Waals surface area contributed by atoms with E-state index < -0.39 is 0 Å². The zero-order chi connectivity index (χ0) is 16.9. The number of halogens is 1. The van der Waals surface area contributed by atoms with E-state index in [-0.39, 0.29) is 11.7 Å². The van der Waals surface area contributed by atoms with Gasteiger partial charge in [-0.3, -0.25) is 4.79 Å². The van der Waals surface area contributed by atoms with E-state index in [2.05, 4.69) is 26.5 Å². The topological polar surface area (TPSA) is 66.6 Å². The number of hydrazone groups is 1. The summed E-state index contributed by atoms with van der Waals surface area (Å²) in [6.07, 6.45) is 3.51. The van der Waals surface area contributed by atoms with Crippen LogP contribution in [0.5, 0.6) is 5.75 Å². The molecule has 0 unspecified atom stereocenters. The first-order chi connectivity index (χ1) is 11.6. The molecule has 120 valence electrons. The summed E-state index contributed by atoms with van der Waals surface area (Å²) in [6.45, 7) is 0. The minimum atomic E-state index is -0.340. The minimum Gasteiger partial charge on any atom is -0.508 e. The van der Waals surface area contributed by atoms with Crippen molar-refractivity contribution in [1.29, 1.82) is 0 Å². The smallest absolute Gasteiger partial charge is 0.271 e. The Labute approximate surface area is 147 Å². The van der Waals surface area contributed by atoms with Crippen molar-refractivity contribution in [1.82, 2.24) is 9.99 Å². The van der Waals surface area contributed by atoms with Gasteiger partial charge in [0.2, 0.25) is 0 Å². The minimum absolute atomic E-state index is 0.113. The van der Waals surface area contributed by atoms with Gasteiger partial charge in [-0.1, -0.05) is 15.9 Å². The number of phenols is 1. The number of carbonyl (C=O) groups excluding carboxylic acids is 1. The molecule has 1 heterocycles. The molecule has 1 aromatic heterocycles. The molecule has 2 aromatic carbocycles. The molecule has 0 bridgehead atoms. The molecule has 0 fully saturated rings. The zero-order valence-corrected chi connectivity index (χ0v) is 14.1. The number of phenolic OH excluding ortho intramolecular Hbond substituents is 1. The molecule has 0 radical (unpaired) electrons. The van der Waals surface area contributed by atoms with Gasteiger partial charge < -0.3 is 9.67 Å². The third-order valence-corrected chi connectivity index (χ3v) is 3.91. The van der Waals surface area contributed by atoms with E-state index >= 15 is 0 Å². The van der Waals surface area contributed by atoms with Crippen molar-refractivity contribution in [2.24, 2.45) is 5.10 Å². The molecule has 0 aliphatic rings. The maximum absolute atomic E-state index is 12.0. The molecule has 0 saturated carbocycles. The van der Waals surface area contributed by atoms with Gasteiger partial charge in [-0.25, -0.2) is 5.43 Å². The van der Waals surface area contributed by atoms with Gasteiger partial charge in [0.05, 0.1) is 11.9 Å². The van der Waals surface area contributed by atoms with Gasteiger partial charge in [0.25, 0.3) is 5.91 Å². The lowest BCUT2D eigenvalue weighted by molar-refractivity contribution is 0.0955. The molecule has 2 N–H and O–H groups in total. The molecule has 3 aromatic rings. The number of amides is 1. The second-order valence-electron chi connectivity index (χ2n) is 5.03. The largest absolute Gasteiger partial charge is 0.508 e. The van der Waals surface area contributed by atoms with Gasteiger partial charge in [-0.2, -0.15) is 5.10 Å². The fourth-order valence-electron chi connectivity index (χ4n) is 2.17.